The van der Waals surface area contributed by atoms with Gasteiger partial charge < -0.3 is 14.6 Å². The predicted molar refractivity (Wildman–Crippen MR) is 111 cm³/mol. The zero-order valence-corrected chi connectivity index (χ0v) is 15.8. The standard InChI is InChI=1S/C24H19NO4/c1-25(13-14-10-23(28)29-22-12-21(27)20(26)11-19(14)22)24-17-8-4-2-6-15(17)16-7-3-5-9-18(16)24/h2-12,24,26-27H,13H2,1H3. The molecule has 4 aromatic rings. The van der Waals surface area contributed by atoms with Gasteiger partial charge >= 0.3 is 5.63 Å². The van der Waals surface area contributed by atoms with Crippen molar-refractivity contribution < 1.29 is 14.6 Å². The molecule has 1 heterocycles. The van der Waals surface area contributed by atoms with Gasteiger partial charge in [0.05, 0.1) is 6.04 Å². The summed E-state index contributed by atoms with van der Waals surface area (Å²) in [5.41, 5.74) is 5.39. The smallest absolute Gasteiger partial charge is 0.336 e. The SMILES string of the molecule is CN(Cc1cc(=O)oc2cc(O)c(O)cc12)C1c2ccccc2-c2ccccc21. The summed E-state index contributed by atoms with van der Waals surface area (Å²) in [7, 11) is 2.02. The molecule has 2 N–H and O–H groups in total. The number of nitrogens with zero attached hydrogens (tertiary/aromatic N) is 1. The fourth-order valence-corrected chi connectivity index (χ4v) is 4.35. The molecule has 5 nitrogen and oxygen atoms in total. The number of rotatable bonds is 3. The Morgan fingerprint density at radius 2 is 1.48 bits per heavy atom. The lowest BCUT2D eigenvalue weighted by Gasteiger charge is -2.26. The minimum absolute atomic E-state index is 0.0513. The fraction of sp³-hybridized carbons (Fsp3) is 0.125. The molecule has 3 aromatic carbocycles. The summed E-state index contributed by atoms with van der Waals surface area (Å²) in [4.78, 5) is 14.3. The molecule has 0 saturated heterocycles. The molecule has 0 unspecified atom stereocenters. The van der Waals surface area contributed by atoms with Crippen molar-refractivity contribution in [2.75, 3.05) is 7.05 Å². The molecule has 0 fully saturated rings. The van der Waals surface area contributed by atoms with E-state index in [9.17, 15) is 15.0 Å². The Labute approximate surface area is 167 Å². The van der Waals surface area contributed by atoms with E-state index in [0.29, 0.717) is 11.9 Å². The normalized spacial score (nSPS) is 13.0. The van der Waals surface area contributed by atoms with Crippen molar-refractivity contribution in [1.82, 2.24) is 4.90 Å². The maximum absolute atomic E-state index is 12.1. The summed E-state index contributed by atoms with van der Waals surface area (Å²) < 4.78 is 5.21. The molecule has 0 aliphatic heterocycles. The van der Waals surface area contributed by atoms with Gasteiger partial charge in [0, 0.05) is 24.1 Å². The Morgan fingerprint density at radius 1 is 0.897 bits per heavy atom. The first-order valence-corrected chi connectivity index (χ1v) is 9.40. The van der Waals surface area contributed by atoms with E-state index < -0.39 is 5.63 Å². The molecule has 0 radical (unpaired) electrons. The largest absolute Gasteiger partial charge is 0.504 e. The highest BCUT2D eigenvalue weighted by Crippen LogP contribution is 2.46. The van der Waals surface area contributed by atoms with Gasteiger partial charge in [0.25, 0.3) is 0 Å². The van der Waals surface area contributed by atoms with Crippen molar-refractivity contribution in [3.63, 3.8) is 0 Å². The summed E-state index contributed by atoms with van der Waals surface area (Å²) in [5, 5.41) is 20.3. The molecule has 1 aromatic heterocycles. The molecule has 5 rings (SSSR count). The molecule has 1 aliphatic carbocycles. The van der Waals surface area contributed by atoms with Crippen LogP contribution in [0.4, 0.5) is 0 Å². The van der Waals surface area contributed by atoms with Crippen molar-refractivity contribution in [2.24, 2.45) is 0 Å². The number of hydrogen-bond donors (Lipinski definition) is 2. The lowest BCUT2D eigenvalue weighted by atomic mass is 10.0. The first-order chi connectivity index (χ1) is 14.0. The molecule has 0 spiro atoms. The van der Waals surface area contributed by atoms with Gasteiger partial charge in [-0.3, -0.25) is 4.90 Å². The average molecular weight is 385 g/mol. The van der Waals surface area contributed by atoms with E-state index in [-0.39, 0.29) is 23.1 Å². The molecule has 0 atom stereocenters. The number of hydrogen-bond acceptors (Lipinski definition) is 5. The van der Waals surface area contributed by atoms with Crippen molar-refractivity contribution in [1.29, 1.82) is 0 Å². The molecule has 0 bridgehead atoms. The highest BCUT2D eigenvalue weighted by atomic mass is 16.4. The van der Waals surface area contributed by atoms with E-state index in [0.717, 1.165) is 5.56 Å². The second-order valence-corrected chi connectivity index (χ2v) is 7.42. The van der Waals surface area contributed by atoms with Gasteiger partial charge in [0.1, 0.15) is 5.58 Å². The Morgan fingerprint density at radius 3 is 2.14 bits per heavy atom. The van der Waals surface area contributed by atoms with Crippen LogP contribution in [0.3, 0.4) is 0 Å². The molecule has 0 saturated carbocycles. The van der Waals surface area contributed by atoms with Gasteiger partial charge in [-0.2, -0.15) is 0 Å². The second-order valence-electron chi connectivity index (χ2n) is 7.42. The van der Waals surface area contributed by atoms with Crippen LogP contribution in [-0.2, 0) is 6.54 Å². The van der Waals surface area contributed by atoms with E-state index in [1.165, 1.54) is 40.5 Å². The molecule has 0 amide bonds. The monoisotopic (exact) mass is 385 g/mol. The Balaban J connectivity index is 1.61. The van der Waals surface area contributed by atoms with Gasteiger partial charge in [-0.05, 0) is 40.9 Å². The summed E-state index contributed by atoms with van der Waals surface area (Å²) >= 11 is 0. The van der Waals surface area contributed by atoms with E-state index in [2.05, 4.69) is 29.2 Å². The average Bonchev–Trinajstić information content (AvgIpc) is 3.04. The summed E-state index contributed by atoms with van der Waals surface area (Å²) in [6.45, 7) is 0.472. The van der Waals surface area contributed by atoms with Gasteiger partial charge in [-0.25, -0.2) is 4.79 Å². The van der Waals surface area contributed by atoms with E-state index >= 15 is 0 Å². The predicted octanol–water partition coefficient (Wildman–Crippen LogP) is 4.41. The zero-order valence-electron chi connectivity index (χ0n) is 15.8. The lowest BCUT2D eigenvalue weighted by molar-refractivity contribution is 0.275. The van der Waals surface area contributed by atoms with Gasteiger partial charge in [0.15, 0.2) is 11.5 Å². The topological polar surface area (TPSA) is 73.9 Å². The van der Waals surface area contributed by atoms with Crippen LogP contribution in [0.15, 0.2) is 75.9 Å². The molecule has 1 aliphatic rings. The van der Waals surface area contributed by atoms with Gasteiger partial charge in [0.2, 0.25) is 0 Å². The molecular weight excluding hydrogens is 366 g/mol. The van der Waals surface area contributed by atoms with Crippen LogP contribution in [0, 0.1) is 0 Å². The highest BCUT2D eigenvalue weighted by molar-refractivity contribution is 5.84. The Hall–Kier alpha value is -3.57. The third kappa shape index (κ3) is 2.79. The first-order valence-electron chi connectivity index (χ1n) is 9.40. The summed E-state index contributed by atoms with van der Waals surface area (Å²) in [6, 6.07) is 20.9. The highest BCUT2D eigenvalue weighted by Gasteiger charge is 2.31. The van der Waals surface area contributed by atoms with Crippen LogP contribution < -0.4 is 5.63 Å². The third-order valence-electron chi connectivity index (χ3n) is 5.59. The molecule has 144 valence electrons. The van der Waals surface area contributed by atoms with Crippen molar-refractivity contribution >= 4 is 11.0 Å². The molecular formula is C24H19NO4. The number of phenols is 2. The van der Waals surface area contributed by atoms with Crippen LogP contribution in [0.2, 0.25) is 0 Å². The second kappa shape index (κ2) is 6.50. The van der Waals surface area contributed by atoms with Crippen molar-refractivity contribution in [3.05, 3.63) is 93.8 Å². The quantitative estimate of drug-likeness (QED) is 0.404. The Kier molecular flexibility index (Phi) is 3.93. The van der Waals surface area contributed by atoms with E-state index in [1.54, 1.807) is 0 Å². The lowest BCUT2D eigenvalue weighted by Crippen LogP contribution is -2.24. The number of benzene rings is 3. The number of fused-ring (bicyclic) bond motifs is 4. The van der Waals surface area contributed by atoms with Crippen LogP contribution >= 0.6 is 0 Å². The number of phenolic OH excluding ortho intramolecular Hbond substituents is 2. The van der Waals surface area contributed by atoms with Crippen molar-refractivity contribution in [2.45, 2.75) is 12.6 Å². The first kappa shape index (κ1) is 17.5. The number of aromatic hydroxyl groups is 2. The summed E-state index contributed by atoms with van der Waals surface area (Å²) in [6.07, 6.45) is 0. The van der Waals surface area contributed by atoms with Crippen molar-refractivity contribution in [3.8, 4) is 22.6 Å². The van der Waals surface area contributed by atoms with Crippen LogP contribution in [0.1, 0.15) is 22.7 Å². The van der Waals surface area contributed by atoms with Gasteiger partial charge in [-0.1, -0.05) is 48.5 Å². The maximum atomic E-state index is 12.1. The van der Waals surface area contributed by atoms with Crippen LogP contribution in [0.25, 0.3) is 22.1 Å². The minimum Gasteiger partial charge on any atom is -0.504 e. The Bertz CT molecular complexity index is 1260. The third-order valence-corrected chi connectivity index (χ3v) is 5.59. The van der Waals surface area contributed by atoms with Crippen LogP contribution in [-0.4, -0.2) is 22.2 Å². The molecule has 5 heteroatoms. The van der Waals surface area contributed by atoms with E-state index in [1.807, 2.05) is 31.3 Å². The zero-order chi connectivity index (χ0) is 20.1. The van der Waals surface area contributed by atoms with Gasteiger partial charge in [-0.15, -0.1) is 0 Å². The molecule has 29 heavy (non-hydrogen) atoms. The van der Waals surface area contributed by atoms with Crippen LogP contribution in [0.5, 0.6) is 11.5 Å². The fourth-order valence-electron chi connectivity index (χ4n) is 4.35. The minimum atomic E-state index is -0.488. The maximum Gasteiger partial charge on any atom is 0.336 e. The summed E-state index contributed by atoms with van der Waals surface area (Å²) in [5.74, 6) is -0.559. The van der Waals surface area contributed by atoms with E-state index in [4.69, 9.17) is 4.42 Å².